The van der Waals surface area contributed by atoms with E-state index in [1.54, 1.807) is 19.1 Å². The molecule has 25 heavy (non-hydrogen) atoms. The van der Waals surface area contributed by atoms with Gasteiger partial charge in [0.25, 0.3) is 5.91 Å². The van der Waals surface area contributed by atoms with Crippen LogP contribution in [-0.2, 0) is 0 Å². The number of nitrogens with one attached hydrogen (secondary N) is 2. The summed E-state index contributed by atoms with van der Waals surface area (Å²) in [4.78, 5) is 21.1. The Morgan fingerprint density at radius 2 is 1.88 bits per heavy atom. The number of amides is 1. The number of aromatic nitrogens is 3. The molecular formula is C18H19N5O2. The van der Waals surface area contributed by atoms with Crippen molar-refractivity contribution in [3.05, 3.63) is 58.6 Å². The maximum Gasteiger partial charge on any atom is 0.275 e. The van der Waals surface area contributed by atoms with Crippen molar-refractivity contribution in [3.63, 3.8) is 0 Å². The van der Waals surface area contributed by atoms with E-state index in [0.29, 0.717) is 23.2 Å². The van der Waals surface area contributed by atoms with Crippen LogP contribution in [0.15, 0.2) is 34.9 Å². The predicted molar refractivity (Wildman–Crippen MR) is 95.2 cm³/mol. The van der Waals surface area contributed by atoms with E-state index in [-0.39, 0.29) is 11.6 Å². The molecule has 2 aromatic heterocycles. The van der Waals surface area contributed by atoms with Crippen molar-refractivity contribution in [2.45, 2.75) is 27.7 Å². The zero-order chi connectivity index (χ0) is 18.0. The first-order valence-electron chi connectivity index (χ1n) is 7.86. The lowest BCUT2D eigenvalue weighted by Gasteiger charge is -2.11. The average molecular weight is 337 g/mol. The van der Waals surface area contributed by atoms with Gasteiger partial charge in [-0.1, -0.05) is 17.3 Å². The molecule has 1 aromatic carbocycles. The van der Waals surface area contributed by atoms with Gasteiger partial charge in [0, 0.05) is 17.4 Å². The number of benzene rings is 1. The third-order valence-corrected chi connectivity index (χ3v) is 3.81. The Kier molecular flexibility index (Phi) is 4.47. The maximum atomic E-state index is 12.4. The van der Waals surface area contributed by atoms with Gasteiger partial charge in [-0.15, -0.1) is 0 Å². The fourth-order valence-corrected chi connectivity index (χ4v) is 2.35. The lowest BCUT2D eigenvalue weighted by atomic mass is 10.1. The summed E-state index contributed by atoms with van der Waals surface area (Å²) in [6.07, 6.45) is 0. The predicted octanol–water partition coefficient (Wildman–Crippen LogP) is 3.69. The minimum atomic E-state index is -0.372. The van der Waals surface area contributed by atoms with Crippen LogP contribution in [0.25, 0.3) is 0 Å². The number of aryl methyl sites for hydroxylation is 3. The number of carbonyl (C=O) groups excluding carboxylic acids is 1. The lowest BCUT2D eigenvalue weighted by molar-refractivity contribution is 0.102. The molecule has 0 aliphatic carbocycles. The molecule has 0 spiro atoms. The summed E-state index contributed by atoms with van der Waals surface area (Å²) >= 11 is 0. The minimum absolute atomic E-state index is 0.251. The molecule has 7 heteroatoms. The van der Waals surface area contributed by atoms with Crippen LogP contribution >= 0.6 is 0 Å². The van der Waals surface area contributed by atoms with Gasteiger partial charge < -0.3 is 15.2 Å². The molecule has 2 N–H and O–H groups in total. The van der Waals surface area contributed by atoms with E-state index >= 15 is 0 Å². The van der Waals surface area contributed by atoms with Crippen LogP contribution in [0, 0.1) is 27.7 Å². The van der Waals surface area contributed by atoms with Gasteiger partial charge in [0.15, 0.2) is 5.82 Å². The molecule has 0 radical (unpaired) electrons. The molecular weight excluding hydrogens is 318 g/mol. The van der Waals surface area contributed by atoms with Crippen LogP contribution in [0.4, 0.5) is 17.5 Å². The van der Waals surface area contributed by atoms with Crippen molar-refractivity contribution >= 4 is 23.4 Å². The van der Waals surface area contributed by atoms with Crippen LogP contribution in [0.3, 0.4) is 0 Å². The number of rotatable bonds is 4. The second-order valence-electron chi connectivity index (χ2n) is 5.87. The Hall–Kier alpha value is -3.22. The van der Waals surface area contributed by atoms with Crippen LogP contribution < -0.4 is 10.6 Å². The number of hydrogen-bond acceptors (Lipinski definition) is 6. The van der Waals surface area contributed by atoms with Crippen molar-refractivity contribution in [3.8, 4) is 0 Å². The van der Waals surface area contributed by atoms with Crippen LogP contribution in [-0.4, -0.2) is 21.0 Å². The Balaban J connectivity index is 1.85. The van der Waals surface area contributed by atoms with E-state index < -0.39 is 0 Å². The Morgan fingerprint density at radius 3 is 2.60 bits per heavy atom. The van der Waals surface area contributed by atoms with Crippen molar-refractivity contribution < 1.29 is 9.32 Å². The van der Waals surface area contributed by atoms with Gasteiger partial charge in [-0.2, -0.15) is 0 Å². The van der Waals surface area contributed by atoms with Crippen LogP contribution in [0.5, 0.6) is 0 Å². The highest BCUT2D eigenvalue weighted by atomic mass is 16.5. The number of hydrogen-bond donors (Lipinski definition) is 2. The lowest BCUT2D eigenvalue weighted by Crippen LogP contribution is -2.15. The third-order valence-electron chi connectivity index (χ3n) is 3.81. The van der Waals surface area contributed by atoms with Crippen molar-refractivity contribution in [1.29, 1.82) is 0 Å². The average Bonchev–Trinajstić information content (AvgIpc) is 2.96. The summed E-state index contributed by atoms with van der Waals surface area (Å²) < 4.78 is 4.94. The first-order chi connectivity index (χ1) is 11.9. The quantitative estimate of drug-likeness (QED) is 0.754. The molecule has 0 fully saturated rings. The van der Waals surface area contributed by atoms with E-state index in [2.05, 4.69) is 25.8 Å². The second kappa shape index (κ2) is 6.72. The summed E-state index contributed by atoms with van der Waals surface area (Å²) in [6, 6.07) is 9.21. The largest absolute Gasteiger partial charge is 0.360 e. The Labute approximate surface area is 145 Å². The first-order valence-corrected chi connectivity index (χ1v) is 7.86. The molecule has 0 saturated heterocycles. The Bertz CT molecular complexity index is 933. The molecule has 3 rings (SSSR count). The SMILES string of the molecule is Cc1cc(C(=O)Nc2cc(C)on2)nc(Nc2cccc(C)c2C)n1. The van der Waals surface area contributed by atoms with Gasteiger partial charge in [0.1, 0.15) is 11.5 Å². The van der Waals surface area contributed by atoms with Gasteiger partial charge in [-0.05, 0) is 51.0 Å². The van der Waals surface area contributed by atoms with E-state index in [1.165, 1.54) is 0 Å². The van der Waals surface area contributed by atoms with Crippen molar-refractivity contribution in [1.82, 2.24) is 15.1 Å². The number of carbonyl (C=O) groups is 1. The monoisotopic (exact) mass is 337 g/mol. The van der Waals surface area contributed by atoms with Gasteiger partial charge >= 0.3 is 0 Å². The minimum Gasteiger partial charge on any atom is -0.360 e. The van der Waals surface area contributed by atoms with Crippen molar-refractivity contribution in [2.24, 2.45) is 0 Å². The smallest absolute Gasteiger partial charge is 0.275 e. The van der Waals surface area contributed by atoms with Gasteiger partial charge in [-0.25, -0.2) is 9.97 Å². The zero-order valence-corrected chi connectivity index (χ0v) is 14.5. The molecule has 0 aliphatic rings. The number of nitrogens with zero attached hydrogens (tertiary/aromatic N) is 3. The highest BCUT2D eigenvalue weighted by Crippen LogP contribution is 2.21. The normalized spacial score (nSPS) is 10.6. The van der Waals surface area contributed by atoms with Gasteiger partial charge in [0.2, 0.25) is 5.95 Å². The molecule has 1 amide bonds. The molecule has 0 atom stereocenters. The van der Waals surface area contributed by atoms with E-state index in [0.717, 1.165) is 16.8 Å². The third kappa shape index (κ3) is 3.82. The molecule has 0 saturated carbocycles. The fourth-order valence-electron chi connectivity index (χ4n) is 2.35. The standard InChI is InChI=1S/C18H19N5O2/c1-10-6-5-7-14(13(10)4)20-18-19-11(2)8-15(21-18)17(24)22-16-9-12(3)25-23-16/h5-9H,1-4H3,(H,19,20,21)(H,22,23,24). The molecule has 2 heterocycles. The molecule has 0 aliphatic heterocycles. The van der Waals surface area contributed by atoms with Gasteiger partial charge in [-0.3, -0.25) is 4.79 Å². The topological polar surface area (TPSA) is 92.9 Å². The van der Waals surface area contributed by atoms with Gasteiger partial charge in [0.05, 0.1) is 0 Å². The highest BCUT2D eigenvalue weighted by Gasteiger charge is 2.13. The maximum absolute atomic E-state index is 12.4. The highest BCUT2D eigenvalue weighted by molar-refractivity contribution is 6.02. The summed E-state index contributed by atoms with van der Waals surface area (Å²) in [6.45, 7) is 7.63. The summed E-state index contributed by atoms with van der Waals surface area (Å²) in [5.41, 5.74) is 4.11. The van der Waals surface area contributed by atoms with E-state index in [4.69, 9.17) is 4.52 Å². The molecule has 128 valence electrons. The first kappa shape index (κ1) is 16.6. The molecule has 3 aromatic rings. The molecule has 0 unspecified atom stereocenters. The summed E-state index contributed by atoms with van der Waals surface area (Å²) in [7, 11) is 0. The zero-order valence-electron chi connectivity index (χ0n) is 14.5. The fraction of sp³-hybridized carbons (Fsp3) is 0.222. The summed E-state index contributed by atoms with van der Waals surface area (Å²) in [5, 5.41) is 9.59. The van der Waals surface area contributed by atoms with Crippen LogP contribution in [0.2, 0.25) is 0 Å². The second-order valence-corrected chi connectivity index (χ2v) is 5.87. The molecule has 7 nitrogen and oxygen atoms in total. The Morgan fingerprint density at radius 1 is 1.08 bits per heavy atom. The van der Waals surface area contributed by atoms with E-state index in [9.17, 15) is 4.79 Å². The van der Waals surface area contributed by atoms with Crippen molar-refractivity contribution in [2.75, 3.05) is 10.6 Å². The van der Waals surface area contributed by atoms with E-state index in [1.807, 2.05) is 39.0 Å². The van der Waals surface area contributed by atoms with Crippen LogP contribution in [0.1, 0.15) is 33.1 Å². The summed E-state index contributed by atoms with van der Waals surface area (Å²) in [5.74, 6) is 0.965. The molecule has 0 bridgehead atoms. The number of anilines is 3.